The van der Waals surface area contributed by atoms with Crippen molar-refractivity contribution in [2.24, 2.45) is 0 Å². The van der Waals surface area contributed by atoms with Crippen molar-refractivity contribution in [1.29, 1.82) is 0 Å². The maximum absolute atomic E-state index is 11.6. The van der Waals surface area contributed by atoms with Crippen LogP contribution in [0.5, 0.6) is 5.75 Å². The van der Waals surface area contributed by atoms with Gasteiger partial charge in [-0.25, -0.2) is 4.98 Å². The minimum absolute atomic E-state index is 0.190. The van der Waals surface area contributed by atoms with Crippen LogP contribution in [0.4, 0.5) is 0 Å². The Labute approximate surface area is 127 Å². The van der Waals surface area contributed by atoms with E-state index >= 15 is 0 Å². The summed E-state index contributed by atoms with van der Waals surface area (Å²) >= 11 is 1.16. The molecule has 0 saturated heterocycles. The smallest absolute Gasteiger partial charge is 0.313 e. The fraction of sp³-hybridized carbons (Fsp3) is 0.400. The van der Waals surface area contributed by atoms with Crippen LogP contribution in [-0.2, 0) is 11.2 Å². The highest BCUT2D eigenvalue weighted by Crippen LogP contribution is 2.28. The van der Waals surface area contributed by atoms with Gasteiger partial charge in [0.25, 0.3) is 0 Å². The monoisotopic (exact) mass is 306 g/mol. The number of hydrogen-bond donors (Lipinski definition) is 1. The molecular formula is C15H18N2O3S. The topological polar surface area (TPSA) is 72.3 Å². The van der Waals surface area contributed by atoms with Crippen LogP contribution in [0, 0.1) is 0 Å². The third-order valence-electron chi connectivity index (χ3n) is 3.19. The van der Waals surface area contributed by atoms with Crippen LogP contribution < -0.4 is 4.74 Å². The first-order valence-electron chi connectivity index (χ1n) is 6.71. The molecule has 0 amide bonds. The fourth-order valence-corrected chi connectivity index (χ4v) is 2.88. The normalized spacial score (nSPS) is 12.4. The molecule has 21 heavy (non-hydrogen) atoms. The van der Waals surface area contributed by atoms with Crippen LogP contribution in [0.1, 0.15) is 42.1 Å². The first-order valence-corrected chi connectivity index (χ1v) is 7.48. The van der Waals surface area contributed by atoms with Gasteiger partial charge < -0.3 is 9.84 Å². The van der Waals surface area contributed by atoms with E-state index in [4.69, 9.17) is 4.74 Å². The number of aromatic nitrogens is 2. The van der Waals surface area contributed by atoms with Gasteiger partial charge in [-0.1, -0.05) is 32.0 Å². The van der Waals surface area contributed by atoms with Gasteiger partial charge in [0.2, 0.25) is 0 Å². The molecule has 0 fully saturated rings. The lowest BCUT2D eigenvalue weighted by molar-refractivity contribution is -0.138. The van der Waals surface area contributed by atoms with E-state index in [0.29, 0.717) is 23.0 Å². The number of carbonyl (C=O) groups is 1. The highest BCUT2D eigenvalue weighted by molar-refractivity contribution is 7.05. The predicted molar refractivity (Wildman–Crippen MR) is 81.1 cm³/mol. The van der Waals surface area contributed by atoms with Crippen molar-refractivity contribution in [2.45, 2.75) is 32.1 Å². The Morgan fingerprint density at radius 3 is 2.67 bits per heavy atom. The van der Waals surface area contributed by atoms with E-state index in [1.165, 1.54) is 0 Å². The van der Waals surface area contributed by atoms with E-state index in [9.17, 15) is 9.90 Å². The Hall–Kier alpha value is -1.95. The van der Waals surface area contributed by atoms with E-state index in [2.05, 4.69) is 9.36 Å². The lowest BCUT2D eigenvalue weighted by atomic mass is 9.99. The predicted octanol–water partition coefficient (Wildman–Crippen LogP) is 3.08. The van der Waals surface area contributed by atoms with Gasteiger partial charge >= 0.3 is 5.97 Å². The first kappa shape index (κ1) is 15.4. The molecule has 0 aliphatic carbocycles. The van der Waals surface area contributed by atoms with Crippen molar-refractivity contribution in [3.63, 3.8) is 0 Å². The molecule has 112 valence electrons. The molecule has 2 aromatic rings. The van der Waals surface area contributed by atoms with Crippen molar-refractivity contribution in [2.75, 3.05) is 7.11 Å². The number of ether oxygens (including phenoxy) is 1. The van der Waals surface area contributed by atoms with E-state index in [-0.39, 0.29) is 5.92 Å². The summed E-state index contributed by atoms with van der Waals surface area (Å²) in [7, 11) is 1.58. The van der Waals surface area contributed by atoms with Crippen LogP contribution in [0.25, 0.3) is 0 Å². The number of carboxylic acids is 1. The molecule has 1 N–H and O–H groups in total. The Morgan fingerprint density at radius 2 is 2.10 bits per heavy atom. The van der Waals surface area contributed by atoms with Crippen LogP contribution in [0.2, 0.25) is 0 Å². The Balaban J connectivity index is 2.29. The standard InChI is InChI=1S/C15H18N2O3S/c1-9(2)13-16-14(21-17-13)11(15(18)19)8-10-6-4-5-7-12(10)20-3/h4-7,9,11H,8H2,1-3H3,(H,18,19). The van der Waals surface area contributed by atoms with E-state index in [1.807, 2.05) is 38.1 Å². The SMILES string of the molecule is COc1ccccc1CC(C(=O)O)c1nc(C(C)C)ns1. The van der Waals surface area contributed by atoms with Gasteiger partial charge in [-0.05, 0) is 29.6 Å². The number of carboxylic acid groups (broad SMARTS) is 1. The van der Waals surface area contributed by atoms with Gasteiger partial charge in [0.15, 0.2) is 0 Å². The van der Waals surface area contributed by atoms with Crippen LogP contribution in [0.3, 0.4) is 0 Å². The molecule has 0 radical (unpaired) electrons. The molecule has 1 heterocycles. The lowest BCUT2D eigenvalue weighted by Crippen LogP contribution is -2.15. The molecule has 6 heteroatoms. The average molecular weight is 306 g/mol. The summed E-state index contributed by atoms with van der Waals surface area (Å²) in [4.78, 5) is 15.9. The maximum Gasteiger partial charge on any atom is 0.313 e. The summed E-state index contributed by atoms with van der Waals surface area (Å²) in [5, 5.41) is 10.0. The zero-order valence-electron chi connectivity index (χ0n) is 12.2. The van der Waals surface area contributed by atoms with Gasteiger partial charge in [0.05, 0.1) is 7.11 Å². The van der Waals surface area contributed by atoms with Crippen molar-refractivity contribution in [1.82, 2.24) is 9.36 Å². The summed E-state index contributed by atoms with van der Waals surface area (Å²) < 4.78 is 9.52. The van der Waals surface area contributed by atoms with Gasteiger partial charge in [-0.15, -0.1) is 0 Å². The summed E-state index contributed by atoms with van der Waals surface area (Å²) in [6.45, 7) is 3.98. The van der Waals surface area contributed by atoms with Crippen LogP contribution >= 0.6 is 11.5 Å². The number of benzene rings is 1. The molecule has 0 saturated carbocycles. The molecule has 0 aliphatic heterocycles. The number of hydrogen-bond acceptors (Lipinski definition) is 5. The second-order valence-electron chi connectivity index (χ2n) is 5.05. The Bertz CT molecular complexity index is 625. The summed E-state index contributed by atoms with van der Waals surface area (Å²) in [5.41, 5.74) is 0.855. The molecular weight excluding hydrogens is 288 g/mol. The zero-order chi connectivity index (χ0) is 15.4. The molecule has 1 atom stereocenters. The summed E-state index contributed by atoms with van der Waals surface area (Å²) in [6.07, 6.45) is 0.339. The van der Waals surface area contributed by atoms with Crippen molar-refractivity contribution >= 4 is 17.5 Å². The molecule has 0 aliphatic rings. The zero-order valence-corrected chi connectivity index (χ0v) is 13.1. The number of nitrogens with zero attached hydrogens (tertiary/aromatic N) is 2. The number of aliphatic carboxylic acids is 1. The van der Waals surface area contributed by atoms with Crippen molar-refractivity contribution < 1.29 is 14.6 Å². The van der Waals surface area contributed by atoms with E-state index in [1.54, 1.807) is 7.11 Å². The molecule has 5 nitrogen and oxygen atoms in total. The molecule has 1 unspecified atom stereocenters. The first-order chi connectivity index (χ1) is 10.0. The minimum Gasteiger partial charge on any atom is -0.496 e. The average Bonchev–Trinajstić information content (AvgIpc) is 2.94. The van der Waals surface area contributed by atoms with Crippen molar-refractivity contribution in [3.8, 4) is 5.75 Å². The van der Waals surface area contributed by atoms with Gasteiger partial charge in [0, 0.05) is 5.92 Å². The Morgan fingerprint density at radius 1 is 1.38 bits per heavy atom. The largest absolute Gasteiger partial charge is 0.496 e. The summed E-state index contributed by atoms with van der Waals surface area (Å²) in [6, 6.07) is 7.43. The van der Waals surface area contributed by atoms with Crippen molar-refractivity contribution in [3.05, 3.63) is 40.7 Å². The number of para-hydroxylation sites is 1. The second kappa shape index (κ2) is 6.67. The van der Waals surface area contributed by atoms with E-state index in [0.717, 1.165) is 17.1 Å². The minimum atomic E-state index is -0.896. The maximum atomic E-state index is 11.6. The van der Waals surface area contributed by atoms with Crippen LogP contribution in [-0.4, -0.2) is 27.5 Å². The molecule has 1 aromatic heterocycles. The highest BCUT2D eigenvalue weighted by atomic mass is 32.1. The Kier molecular flexibility index (Phi) is 4.90. The third kappa shape index (κ3) is 3.58. The third-order valence-corrected chi connectivity index (χ3v) is 4.03. The van der Waals surface area contributed by atoms with E-state index < -0.39 is 11.9 Å². The van der Waals surface area contributed by atoms with Crippen LogP contribution in [0.15, 0.2) is 24.3 Å². The van der Waals surface area contributed by atoms with Gasteiger partial charge in [0.1, 0.15) is 22.5 Å². The number of rotatable bonds is 6. The quantitative estimate of drug-likeness (QED) is 0.888. The highest BCUT2D eigenvalue weighted by Gasteiger charge is 2.26. The number of methoxy groups -OCH3 is 1. The second-order valence-corrected chi connectivity index (χ2v) is 5.84. The molecule has 2 rings (SSSR count). The lowest BCUT2D eigenvalue weighted by Gasteiger charge is -2.12. The van der Waals surface area contributed by atoms with Gasteiger partial charge in [-0.3, -0.25) is 4.79 Å². The molecule has 1 aromatic carbocycles. The molecule has 0 bridgehead atoms. The molecule has 0 spiro atoms. The fourth-order valence-electron chi connectivity index (χ4n) is 2.00. The summed E-state index contributed by atoms with van der Waals surface area (Å²) in [5.74, 6) is -0.0204. The van der Waals surface area contributed by atoms with Gasteiger partial charge in [-0.2, -0.15) is 4.37 Å².